The van der Waals surface area contributed by atoms with Gasteiger partial charge in [-0.05, 0) is 25.4 Å². The van der Waals surface area contributed by atoms with Crippen LogP contribution in [0.2, 0.25) is 5.28 Å². The van der Waals surface area contributed by atoms with Crippen LogP contribution in [0.1, 0.15) is 13.8 Å². The molecule has 2 rings (SSSR count). The first-order valence-electron chi connectivity index (χ1n) is 4.88. The van der Waals surface area contributed by atoms with Crippen molar-refractivity contribution in [3.63, 3.8) is 0 Å². The van der Waals surface area contributed by atoms with Gasteiger partial charge in [0.2, 0.25) is 5.28 Å². The zero-order valence-electron chi connectivity index (χ0n) is 8.66. The maximum absolute atomic E-state index is 5.84. The minimum Gasteiger partial charge on any atom is -0.368 e. The minimum absolute atomic E-state index is 0.244. The number of hydrogen-bond acceptors (Lipinski definition) is 4. The lowest BCUT2D eigenvalue weighted by atomic mass is 10.5. The number of hydrogen-bond donors (Lipinski definition) is 1. The van der Waals surface area contributed by atoms with Gasteiger partial charge in [-0.3, -0.25) is 0 Å². The quantitative estimate of drug-likeness (QED) is 0.811. The average Bonchev–Trinajstić information content (AvgIpc) is 2.61. The number of imidazole rings is 1. The van der Waals surface area contributed by atoms with Gasteiger partial charge < -0.3 is 9.88 Å². The molecule has 5 nitrogen and oxygen atoms in total. The fourth-order valence-electron chi connectivity index (χ4n) is 1.44. The molecule has 0 spiro atoms. The van der Waals surface area contributed by atoms with Crippen LogP contribution in [0, 0.1) is 0 Å². The Balaban J connectivity index is 2.65. The van der Waals surface area contributed by atoms with E-state index < -0.39 is 0 Å². The SMILES string of the molecule is CCNc1nc(Cl)nc2c1ncn2CC. The van der Waals surface area contributed by atoms with Crippen molar-refractivity contribution in [2.75, 3.05) is 11.9 Å². The van der Waals surface area contributed by atoms with Gasteiger partial charge >= 0.3 is 0 Å². The Hall–Kier alpha value is -1.36. The van der Waals surface area contributed by atoms with Crippen molar-refractivity contribution >= 4 is 28.6 Å². The van der Waals surface area contributed by atoms with Gasteiger partial charge in [-0.25, -0.2) is 4.98 Å². The second kappa shape index (κ2) is 4.02. The Morgan fingerprint density at radius 1 is 1.40 bits per heavy atom. The van der Waals surface area contributed by atoms with Crippen molar-refractivity contribution in [1.29, 1.82) is 0 Å². The normalized spacial score (nSPS) is 10.9. The highest BCUT2D eigenvalue weighted by Crippen LogP contribution is 2.20. The van der Waals surface area contributed by atoms with E-state index in [1.54, 1.807) is 6.33 Å². The predicted octanol–water partition coefficient (Wildman–Crippen LogP) is 1.93. The maximum atomic E-state index is 5.84. The van der Waals surface area contributed by atoms with E-state index >= 15 is 0 Å². The van der Waals surface area contributed by atoms with E-state index in [0.717, 1.165) is 24.3 Å². The molecule has 15 heavy (non-hydrogen) atoms. The van der Waals surface area contributed by atoms with Gasteiger partial charge in [0.1, 0.15) is 0 Å². The minimum atomic E-state index is 0.244. The molecule has 2 aromatic heterocycles. The molecule has 6 heteroatoms. The molecule has 0 fully saturated rings. The largest absolute Gasteiger partial charge is 0.368 e. The predicted molar refractivity (Wildman–Crippen MR) is 60.2 cm³/mol. The number of nitrogens with zero attached hydrogens (tertiary/aromatic N) is 4. The molecule has 0 aromatic carbocycles. The summed E-state index contributed by atoms with van der Waals surface area (Å²) >= 11 is 5.84. The van der Waals surface area contributed by atoms with Crippen LogP contribution in [0.5, 0.6) is 0 Å². The first kappa shape index (κ1) is 10.2. The summed E-state index contributed by atoms with van der Waals surface area (Å²) in [5.41, 5.74) is 1.54. The van der Waals surface area contributed by atoms with E-state index in [9.17, 15) is 0 Å². The van der Waals surface area contributed by atoms with Gasteiger partial charge in [-0.2, -0.15) is 9.97 Å². The van der Waals surface area contributed by atoms with Crippen LogP contribution >= 0.6 is 11.6 Å². The van der Waals surface area contributed by atoms with Crippen LogP contribution in [0.15, 0.2) is 6.33 Å². The Labute approximate surface area is 92.5 Å². The molecule has 0 radical (unpaired) electrons. The Morgan fingerprint density at radius 2 is 2.20 bits per heavy atom. The molecule has 0 saturated carbocycles. The third kappa shape index (κ3) is 1.74. The van der Waals surface area contributed by atoms with E-state index in [1.807, 2.05) is 18.4 Å². The van der Waals surface area contributed by atoms with Crippen LogP contribution in [-0.2, 0) is 6.54 Å². The van der Waals surface area contributed by atoms with Crippen LogP contribution in [0.4, 0.5) is 5.82 Å². The van der Waals surface area contributed by atoms with E-state index in [2.05, 4.69) is 20.3 Å². The zero-order chi connectivity index (χ0) is 10.8. The third-order valence-corrected chi connectivity index (χ3v) is 2.29. The summed E-state index contributed by atoms with van der Waals surface area (Å²) in [5, 5.41) is 3.36. The number of aryl methyl sites for hydroxylation is 1. The molecule has 2 aromatic rings. The summed E-state index contributed by atoms with van der Waals surface area (Å²) in [6.07, 6.45) is 1.75. The van der Waals surface area contributed by atoms with Gasteiger partial charge in [0.25, 0.3) is 0 Å². The zero-order valence-corrected chi connectivity index (χ0v) is 9.41. The summed E-state index contributed by atoms with van der Waals surface area (Å²) in [6, 6.07) is 0. The van der Waals surface area contributed by atoms with Gasteiger partial charge in [-0.15, -0.1) is 0 Å². The Morgan fingerprint density at radius 3 is 2.87 bits per heavy atom. The van der Waals surface area contributed by atoms with Crippen molar-refractivity contribution in [3.05, 3.63) is 11.6 Å². The fourth-order valence-corrected chi connectivity index (χ4v) is 1.60. The molecule has 0 atom stereocenters. The van der Waals surface area contributed by atoms with Crippen LogP contribution in [0.25, 0.3) is 11.2 Å². The molecule has 0 amide bonds. The molecular formula is C9H12ClN5. The van der Waals surface area contributed by atoms with Crippen LogP contribution in [-0.4, -0.2) is 26.1 Å². The lowest BCUT2D eigenvalue weighted by Gasteiger charge is -2.04. The highest BCUT2D eigenvalue weighted by Gasteiger charge is 2.10. The van der Waals surface area contributed by atoms with Crippen molar-refractivity contribution in [3.8, 4) is 0 Å². The van der Waals surface area contributed by atoms with E-state index in [-0.39, 0.29) is 5.28 Å². The summed E-state index contributed by atoms with van der Waals surface area (Å²) < 4.78 is 1.93. The highest BCUT2D eigenvalue weighted by molar-refractivity contribution is 6.28. The van der Waals surface area contributed by atoms with Gasteiger partial charge in [0.05, 0.1) is 6.33 Å². The molecule has 0 unspecified atom stereocenters. The maximum Gasteiger partial charge on any atom is 0.226 e. The number of rotatable bonds is 3. The summed E-state index contributed by atoms with van der Waals surface area (Å²) in [5.74, 6) is 0.694. The molecule has 0 aliphatic carbocycles. The van der Waals surface area contributed by atoms with Crippen LogP contribution in [0.3, 0.4) is 0 Å². The first-order valence-corrected chi connectivity index (χ1v) is 5.26. The molecule has 0 aliphatic rings. The summed E-state index contributed by atoms with van der Waals surface area (Å²) in [4.78, 5) is 12.5. The number of fused-ring (bicyclic) bond motifs is 1. The van der Waals surface area contributed by atoms with Crippen molar-refractivity contribution in [2.24, 2.45) is 0 Å². The monoisotopic (exact) mass is 225 g/mol. The lowest BCUT2D eigenvalue weighted by molar-refractivity contribution is 0.777. The Kier molecular flexibility index (Phi) is 2.73. The molecule has 2 heterocycles. The van der Waals surface area contributed by atoms with Crippen molar-refractivity contribution in [2.45, 2.75) is 20.4 Å². The second-order valence-corrected chi connectivity index (χ2v) is 3.41. The van der Waals surface area contributed by atoms with Crippen molar-refractivity contribution in [1.82, 2.24) is 19.5 Å². The smallest absolute Gasteiger partial charge is 0.226 e. The summed E-state index contributed by atoms with van der Waals surface area (Å²) in [6.45, 7) is 5.62. The van der Waals surface area contributed by atoms with E-state index in [1.165, 1.54) is 0 Å². The van der Waals surface area contributed by atoms with E-state index in [4.69, 9.17) is 11.6 Å². The standard InChI is InChI=1S/C9H12ClN5/c1-3-11-7-6-8(14-9(10)13-7)15(4-2)5-12-6/h5H,3-4H2,1-2H3,(H,11,13,14). The van der Waals surface area contributed by atoms with Gasteiger partial charge in [0.15, 0.2) is 17.0 Å². The Bertz CT molecular complexity index is 479. The van der Waals surface area contributed by atoms with Gasteiger partial charge in [-0.1, -0.05) is 0 Å². The molecule has 80 valence electrons. The topological polar surface area (TPSA) is 55.6 Å². The number of nitrogens with one attached hydrogen (secondary N) is 1. The molecule has 0 saturated heterocycles. The second-order valence-electron chi connectivity index (χ2n) is 3.07. The lowest BCUT2D eigenvalue weighted by Crippen LogP contribution is -2.02. The summed E-state index contributed by atoms with van der Waals surface area (Å²) in [7, 11) is 0. The highest BCUT2D eigenvalue weighted by atomic mass is 35.5. The van der Waals surface area contributed by atoms with E-state index in [0.29, 0.717) is 5.82 Å². The van der Waals surface area contributed by atoms with Crippen LogP contribution < -0.4 is 5.32 Å². The van der Waals surface area contributed by atoms with Crippen molar-refractivity contribution < 1.29 is 0 Å². The number of aromatic nitrogens is 4. The van der Waals surface area contributed by atoms with Gasteiger partial charge in [0, 0.05) is 13.1 Å². The first-order chi connectivity index (χ1) is 7.26. The molecule has 0 aliphatic heterocycles. The molecule has 1 N–H and O–H groups in total. The third-order valence-electron chi connectivity index (χ3n) is 2.12. The number of anilines is 1. The average molecular weight is 226 g/mol. The molecule has 0 bridgehead atoms. The molecular weight excluding hydrogens is 214 g/mol. The fraction of sp³-hybridized carbons (Fsp3) is 0.444. The number of halogens is 1.